The van der Waals surface area contributed by atoms with Gasteiger partial charge in [0.1, 0.15) is 11.8 Å². The molecule has 1 atom stereocenters. The highest BCUT2D eigenvalue weighted by Crippen LogP contribution is 2.29. The summed E-state index contributed by atoms with van der Waals surface area (Å²) in [6.45, 7) is 0.378. The normalized spacial score (nSPS) is 12.1. The third-order valence-electron chi connectivity index (χ3n) is 3.14. The van der Waals surface area contributed by atoms with E-state index in [0.29, 0.717) is 23.6 Å². The van der Waals surface area contributed by atoms with Gasteiger partial charge in [-0.3, -0.25) is 19.7 Å². The molecule has 0 amide bonds. The van der Waals surface area contributed by atoms with Gasteiger partial charge in [-0.1, -0.05) is 18.2 Å². The first-order chi connectivity index (χ1) is 10.1. The lowest BCUT2D eigenvalue weighted by atomic mass is 10.0. The van der Waals surface area contributed by atoms with Crippen LogP contribution in [0.5, 0.6) is 5.75 Å². The van der Waals surface area contributed by atoms with Crippen LogP contribution in [0.2, 0.25) is 0 Å². The smallest absolute Gasteiger partial charge is 0.325 e. The maximum atomic E-state index is 11.7. The standard InChI is InChI=1S/C15H17N3O3/c1-18(10-11-9-16-7-8-17-11)14(15(19)20)12-5-3-4-6-13(12)21-2/h3-9,14H,10H2,1-2H3,(H,19,20)/t14-/m0/s1. The van der Waals surface area contributed by atoms with Gasteiger partial charge in [0.15, 0.2) is 0 Å². The second-order valence-electron chi connectivity index (χ2n) is 4.59. The van der Waals surface area contributed by atoms with Gasteiger partial charge < -0.3 is 9.84 Å². The molecule has 0 saturated carbocycles. The van der Waals surface area contributed by atoms with Crippen LogP contribution < -0.4 is 4.74 Å². The molecule has 110 valence electrons. The fourth-order valence-electron chi connectivity index (χ4n) is 2.21. The van der Waals surface area contributed by atoms with E-state index >= 15 is 0 Å². The van der Waals surface area contributed by atoms with Crippen LogP contribution in [0.25, 0.3) is 0 Å². The Morgan fingerprint density at radius 2 is 2.14 bits per heavy atom. The topological polar surface area (TPSA) is 75.6 Å². The minimum absolute atomic E-state index is 0.378. The number of carboxylic acids is 1. The fraction of sp³-hybridized carbons (Fsp3) is 0.267. The van der Waals surface area contributed by atoms with Crippen LogP contribution in [-0.4, -0.2) is 40.1 Å². The van der Waals surface area contributed by atoms with Crippen LogP contribution in [0.1, 0.15) is 17.3 Å². The van der Waals surface area contributed by atoms with Crippen molar-refractivity contribution in [1.82, 2.24) is 14.9 Å². The van der Waals surface area contributed by atoms with Crippen LogP contribution >= 0.6 is 0 Å². The van der Waals surface area contributed by atoms with Crippen molar-refractivity contribution in [2.24, 2.45) is 0 Å². The largest absolute Gasteiger partial charge is 0.496 e. The lowest BCUT2D eigenvalue weighted by Gasteiger charge is -2.25. The molecule has 0 saturated heterocycles. The number of nitrogens with zero attached hydrogens (tertiary/aromatic N) is 3. The Hall–Kier alpha value is -2.47. The summed E-state index contributed by atoms with van der Waals surface area (Å²) in [5, 5.41) is 9.56. The molecule has 1 aromatic heterocycles. The summed E-state index contributed by atoms with van der Waals surface area (Å²) in [4.78, 5) is 21.5. The van der Waals surface area contributed by atoms with Crippen molar-refractivity contribution in [2.75, 3.05) is 14.2 Å². The van der Waals surface area contributed by atoms with Gasteiger partial charge in [-0.2, -0.15) is 0 Å². The van der Waals surface area contributed by atoms with Crippen molar-refractivity contribution in [2.45, 2.75) is 12.6 Å². The molecule has 0 bridgehead atoms. The van der Waals surface area contributed by atoms with Crippen LogP contribution in [0.15, 0.2) is 42.9 Å². The van der Waals surface area contributed by atoms with Crippen LogP contribution in [0.3, 0.4) is 0 Å². The number of aliphatic carboxylic acids is 1. The fourth-order valence-corrected chi connectivity index (χ4v) is 2.21. The number of methoxy groups -OCH3 is 1. The average Bonchev–Trinajstić information content (AvgIpc) is 2.48. The molecular weight excluding hydrogens is 270 g/mol. The predicted octanol–water partition coefficient (Wildman–Crippen LogP) is 1.74. The van der Waals surface area contributed by atoms with Gasteiger partial charge >= 0.3 is 5.97 Å². The minimum atomic E-state index is -0.939. The Bertz CT molecular complexity index is 604. The molecule has 1 N–H and O–H groups in total. The Balaban J connectivity index is 2.28. The van der Waals surface area contributed by atoms with Gasteiger partial charge in [0.25, 0.3) is 0 Å². The van der Waals surface area contributed by atoms with Crippen LogP contribution in [0.4, 0.5) is 0 Å². The number of hydrogen-bond acceptors (Lipinski definition) is 5. The first kappa shape index (κ1) is 14.9. The molecule has 1 aromatic carbocycles. The SMILES string of the molecule is COc1ccccc1[C@@H](C(=O)O)N(C)Cc1cnccn1. The number of benzene rings is 1. The molecule has 0 unspecified atom stereocenters. The summed E-state index contributed by atoms with van der Waals surface area (Å²) in [6, 6.07) is 6.29. The number of carbonyl (C=O) groups is 1. The van der Waals surface area contributed by atoms with Crippen molar-refractivity contribution in [3.05, 3.63) is 54.1 Å². The van der Waals surface area contributed by atoms with Gasteiger partial charge in [0.2, 0.25) is 0 Å². The summed E-state index contributed by atoms with van der Waals surface area (Å²) >= 11 is 0. The molecule has 0 spiro atoms. The first-order valence-corrected chi connectivity index (χ1v) is 6.44. The van der Waals surface area contributed by atoms with E-state index in [4.69, 9.17) is 4.74 Å². The molecule has 0 fully saturated rings. The second kappa shape index (κ2) is 6.81. The highest BCUT2D eigenvalue weighted by molar-refractivity contribution is 5.76. The van der Waals surface area contributed by atoms with Gasteiger partial charge in [0, 0.05) is 30.7 Å². The summed E-state index contributed by atoms with van der Waals surface area (Å²) in [5.74, 6) is -0.387. The zero-order valence-electron chi connectivity index (χ0n) is 11.9. The highest BCUT2D eigenvalue weighted by atomic mass is 16.5. The average molecular weight is 287 g/mol. The van der Waals surface area contributed by atoms with Crippen molar-refractivity contribution in [3.8, 4) is 5.75 Å². The van der Waals surface area contributed by atoms with Gasteiger partial charge in [-0.05, 0) is 13.1 Å². The molecule has 0 aliphatic rings. The quantitative estimate of drug-likeness (QED) is 0.872. The Morgan fingerprint density at radius 1 is 1.38 bits per heavy atom. The van der Waals surface area contributed by atoms with E-state index in [-0.39, 0.29) is 0 Å². The van der Waals surface area contributed by atoms with Crippen molar-refractivity contribution in [1.29, 1.82) is 0 Å². The Kier molecular flexibility index (Phi) is 4.84. The number of rotatable bonds is 6. The Labute approximate surface area is 123 Å². The first-order valence-electron chi connectivity index (χ1n) is 6.44. The summed E-state index contributed by atoms with van der Waals surface area (Å²) < 4.78 is 5.26. The van der Waals surface area contributed by atoms with E-state index < -0.39 is 12.0 Å². The third-order valence-corrected chi connectivity index (χ3v) is 3.14. The molecule has 0 aliphatic heterocycles. The molecule has 21 heavy (non-hydrogen) atoms. The molecule has 6 nitrogen and oxygen atoms in total. The van der Waals surface area contributed by atoms with E-state index in [9.17, 15) is 9.90 Å². The summed E-state index contributed by atoms with van der Waals surface area (Å²) in [5.41, 5.74) is 1.32. The van der Waals surface area contributed by atoms with E-state index in [1.165, 1.54) is 7.11 Å². The lowest BCUT2D eigenvalue weighted by molar-refractivity contribution is -0.143. The van der Waals surface area contributed by atoms with Gasteiger partial charge in [0.05, 0.1) is 12.8 Å². The third kappa shape index (κ3) is 3.55. The Morgan fingerprint density at radius 3 is 2.76 bits per heavy atom. The number of aromatic nitrogens is 2. The monoisotopic (exact) mass is 287 g/mol. The molecule has 0 radical (unpaired) electrons. The molecule has 6 heteroatoms. The highest BCUT2D eigenvalue weighted by Gasteiger charge is 2.27. The molecule has 0 aliphatic carbocycles. The van der Waals surface area contributed by atoms with Crippen LogP contribution in [-0.2, 0) is 11.3 Å². The lowest BCUT2D eigenvalue weighted by Crippen LogP contribution is -2.31. The van der Waals surface area contributed by atoms with E-state index in [0.717, 1.165) is 0 Å². The van der Waals surface area contributed by atoms with Crippen LogP contribution in [0, 0.1) is 0 Å². The van der Waals surface area contributed by atoms with E-state index in [1.54, 1.807) is 48.7 Å². The number of likely N-dealkylation sites (N-methyl/N-ethyl adjacent to an activating group) is 1. The zero-order valence-corrected chi connectivity index (χ0v) is 11.9. The maximum absolute atomic E-state index is 11.7. The number of hydrogen-bond donors (Lipinski definition) is 1. The van der Waals surface area contributed by atoms with Crippen molar-refractivity contribution in [3.63, 3.8) is 0 Å². The summed E-state index contributed by atoms with van der Waals surface area (Å²) in [6.07, 6.45) is 4.79. The number of para-hydroxylation sites is 1. The number of ether oxygens (including phenoxy) is 1. The summed E-state index contributed by atoms with van der Waals surface area (Å²) in [7, 11) is 3.26. The van der Waals surface area contributed by atoms with E-state index in [1.807, 2.05) is 6.07 Å². The zero-order chi connectivity index (χ0) is 15.2. The number of carboxylic acid groups (broad SMARTS) is 1. The maximum Gasteiger partial charge on any atom is 0.325 e. The van der Waals surface area contributed by atoms with Gasteiger partial charge in [-0.25, -0.2) is 0 Å². The molecular formula is C15H17N3O3. The van der Waals surface area contributed by atoms with Crippen molar-refractivity contribution >= 4 is 5.97 Å². The van der Waals surface area contributed by atoms with Crippen molar-refractivity contribution < 1.29 is 14.6 Å². The molecule has 2 aromatic rings. The van der Waals surface area contributed by atoms with Gasteiger partial charge in [-0.15, -0.1) is 0 Å². The second-order valence-corrected chi connectivity index (χ2v) is 4.59. The molecule has 2 rings (SSSR count). The predicted molar refractivity (Wildman–Crippen MR) is 76.9 cm³/mol. The minimum Gasteiger partial charge on any atom is -0.496 e. The van der Waals surface area contributed by atoms with E-state index in [2.05, 4.69) is 9.97 Å². The molecule has 1 heterocycles.